The molecule has 1 unspecified atom stereocenters. The molecule has 0 saturated heterocycles. The molecule has 0 radical (unpaired) electrons. The number of furan rings is 1. The molecule has 0 aliphatic heterocycles. The Balaban J connectivity index is 1.80. The summed E-state index contributed by atoms with van der Waals surface area (Å²) < 4.78 is 28.5. The highest BCUT2D eigenvalue weighted by atomic mass is 35.5. The number of carbonyl (C=O) groups is 1. The van der Waals surface area contributed by atoms with Crippen molar-refractivity contribution in [1.82, 2.24) is 4.90 Å². The molecular weight excluding hydrogens is 400 g/mol. The van der Waals surface area contributed by atoms with Crippen LogP contribution in [0.25, 0.3) is 11.3 Å². The summed E-state index contributed by atoms with van der Waals surface area (Å²) in [7, 11) is -2.11. The van der Waals surface area contributed by atoms with E-state index in [2.05, 4.69) is 0 Å². The van der Waals surface area contributed by atoms with Crippen molar-refractivity contribution in [2.75, 3.05) is 7.05 Å². The first-order valence-electron chi connectivity index (χ1n) is 8.43. The van der Waals surface area contributed by atoms with Gasteiger partial charge in [-0.3, -0.25) is 4.79 Å². The number of nitrogens with zero attached hydrogens (tertiary/aromatic N) is 1. The first kappa shape index (κ1) is 20.1. The van der Waals surface area contributed by atoms with E-state index in [1.165, 1.54) is 17.0 Å². The zero-order chi connectivity index (χ0) is 20.5. The zero-order valence-electron chi connectivity index (χ0n) is 15.3. The minimum absolute atomic E-state index is 0.0212. The molecule has 8 heteroatoms. The molecule has 3 aromatic rings. The Morgan fingerprint density at radius 2 is 1.71 bits per heavy atom. The monoisotopic (exact) mass is 418 g/mol. The fraction of sp³-hybridized carbons (Fsp3) is 0.150. The third-order valence-electron chi connectivity index (χ3n) is 4.55. The van der Waals surface area contributed by atoms with Crippen LogP contribution in [0.4, 0.5) is 0 Å². The lowest BCUT2D eigenvalue weighted by Gasteiger charge is -2.24. The van der Waals surface area contributed by atoms with Crippen LogP contribution in [-0.2, 0) is 10.0 Å². The molecule has 0 aliphatic rings. The Morgan fingerprint density at radius 3 is 2.32 bits per heavy atom. The van der Waals surface area contributed by atoms with Crippen LogP contribution in [-0.4, -0.2) is 26.3 Å². The lowest BCUT2D eigenvalue weighted by atomic mass is 10.1. The van der Waals surface area contributed by atoms with Crippen molar-refractivity contribution < 1.29 is 17.6 Å². The fourth-order valence-electron chi connectivity index (χ4n) is 2.77. The smallest absolute Gasteiger partial charge is 0.289 e. The first-order chi connectivity index (χ1) is 13.2. The van der Waals surface area contributed by atoms with Crippen LogP contribution in [0.1, 0.15) is 29.1 Å². The van der Waals surface area contributed by atoms with Crippen LogP contribution in [0.2, 0.25) is 5.02 Å². The normalized spacial score (nSPS) is 12.6. The molecule has 1 amide bonds. The molecule has 1 heterocycles. The van der Waals surface area contributed by atoms with E-state index in [9.17, 15) is 13.2 Å². The number of sulfonamides is 1. The predicted octanol–water partition coefficient (Wildman–Crippen LogP) is 4.08. The summed E-state index contributed by atoms with van der Waals surface area (Å²) in [6, 6.07) is 16.3. The lowest BCUT2D eigenvalue weighted by molar-refractivity contribution is 0.0711. The first-order valence-corrected chi connectivity index (χ1v) is 10.4. The summed E-state index contributed by atoms with van der Waals surface area (Å²) in [6.07, 6.45) is 0. The van der Waals surface area contributed by atoms with Crippen LogP contribution in [0.15, 0.2) is 70.0 Å². The van der Waals surface area contributed by atoms with E-state index in [1.54, 1.807) is 37.4 Å². The topological polar surface area (TPSA) is 93.6 Å². The minimum Gasteiger partial charge on any atom is -0.451 e. The van der Waals surface area contributed by atoms with Gasteiger partial charge in [-0.15, -0.1) is 0 Å². The number of amides is 1. The van der Waals surface area contributed by atoms with Crippen LogP contribution in [0.3, 0.4) is 0 Å². The molecule has 0 bridgehead atoms. The predicted molar refractivity (Wildman–Crippen MR) is 107 cm³/mol. The standard InChI is InChI=1S/C20H19ClN2O4S/c1-13(14-7-9-15(10-8-14)28(22,25)26)23(2)20(24)19-12-11-18(27-19)16-5-3-4-6-17(16)21/h3-13H,1-2H3,(H2,22,25,26). The van der Waals surface area contributed by atoms with Crippen molar-refractivity contribution in [3.05, 3.63) is 77.0 Å². The zero-order valence-corrected chi connectivity index (χ0v) is 16.9. The van der Waals surface area contributed by atoms with Gasteiger partial charge in [0.2, 0.25) is 10.0 Å². The van der Waals surface area contributed by atoms with Crippen LogP contribution < -0.4 is 5.14 Å². The van der Waals surface area contributed by atoms with Gasteiger partial charge in [-0.05, 0) is 48.9 Å². The number of carbonyl (C=O) groups excluding carboxylic acids is 1. The second-order valence-corrected chi connectivity index (χ2v) is 8.32. The van der Waals surface area contributed by atoms with Crippen LogP contribution in [0.5, 0.6) is 0 Å². The van der Waals surface area contributed by atoms with Gasteiger partial charge in [-0.1, -0.05) is 35.9 Å². The maximum Gasteiger partial charge on any atom is 0.289 e. The number of halogens is 1. The number of nitrogens with two attached hydrogens (primary N) is 1. The largest absolute Gasteiger partial charge is 0.451 e. The average molecular weight is 419 g/mol. The molecule has 0 spiro atoms. The van der Waals surface area contributed by atoms with Gasteiger partial charge in [0.25, 0.3) is 5.91 Å². The van der Waals surface area contributed by atoms with Gasteiger partial charge >= 0.3 is 0 Å². The van der Waals surface area contributed by atoms with Crippen LogP contribution in [0, 0.1) is 0 Å². The number of primary sulfonamides is 1. The van der Waals surface area contributed by atoms with E-state index in [4.69, 9.17) is 21.2 Å². The van der Waals surface area contributed by atoms with E-state index in [1.807, 2.05) is 25.1 Å². The highest BCUT2D eigenvalue weighted by molar-refractivity contribution is 7.89. The second kappa shape index (κ2) is 7.79. The Hall–Kier alpha value is -2.61. The molecule has 0 fully saturated rings. The molecule has 2 aromatic carbocycles. The van der Waals surface area contributed by atoms with E-state index in [0.29, 0.717) is 16.3 Å². The molecule has 1 aromatic heterocycles. The Labute approximate surface area is 168 Å². The molecule has 28 heavy (non-hydrogen) atoms. The molecule has 1 atom stereocenters. The average Bonchev–Trinajstić information content (AvgIpc) is 3.16. The van der Waals surface area contributed by atoms with Crippen molar-refractivity contribution in [3.63, 3.8) is 0 Å². The van der Waals surface area contributed by atoms with Crippen molar-refractivity contribution >= 4 is 27.5 Å². The quantitative estimate of drug-likeness (QED) is 0.675. The van der Waals surface area contributed by atoms with Gasteiger partial charge in [0.1, 0.15) is 5.76 Å². The van der Waals surface area contributed by atoms with E-state index in [-0.39, 0.29) is 22.6 Å². The Morgan fingerprint density at radius 1 is 1.07 bits per heavy atom. The summed E-state index contributed by atoms with van der Waals surface area (Å²) >= 11 is 6.18. The van der Waals surface area contributed by atoms with Gasteiger partial charge in [0.05, 0.1) is 16.0 Å². The Kier molecular flexibility index (Phi) is 5.60. The SMILES string of the molecule is CC(c1ccc(S(N)(=O)=O)cc1)N(C)C(=O)c1ccc(-c2ccccc2Cl)o1. The fourth-order valence-corrected chi connectivity index (χ4v) is 3.51. The van der Waals surface area contributed by atoms with E-state index >= 15 is 0 Å². The summed E-state index contributed by atoms with van der Waals surface area (Å²) in [5, 5.41) is 5.65. The molecule has 146 valence electrons. The molecular formula is C20H19ClN2O4S. The van der Waals surface area contributed by atoms with Crippen LogP contribution >= 0.6 is 11.6 Å². The maximum absolute atomic E-state index is 12.8. The van der Waals surface area contributed by atoms with Gasteiger partial charge in [0.15, 0.2) is 5.76 Å². The Bertz CT molecular complexity index is 1110. The maximum atomic E-state index is 12.8. The lowest BCUT2D eigenvalue weighted by Crippen LogP contribution is -2.29. The highest BCUT2D eigenvalue weighted by Crippen LogP contribution is 2.30. The van der Waals surface area contributed by atoms with Crippen molar-refractivity contribution in [1.29, 1.82) is 0 Å². The highest BCUT2D eigenvalue weighted by Gasteiger charge is 2.22. The van der Waals surface area contributed by atoms with Gasteiger partial charge in [-0.2, -0.15) is 0 Å². The minimum atomic E-state index is -3.76. The number of hydrogen-bond acceptors (Lipinski definition) is 4. The number of rotatable bonds is 5. The number of hydrogen-bond donors (Lipinski definition) is 1. The summed E-state index contributed by atoms with van der Waals surface area (Å²) in [5.41, 5.74) is 1.47. The van der Waals surface area contributed by atoms with Gasteiger partial charge in [-0.25, -0.2) is 13.6 Å². The molecule has 0 aliphatic carbocycles. The third kappa shape index (κ3) is 4.11. The van der Waals surface area contributed by atoms with E-state index in [0.717, 1.165) is 5.56 Å². The molecule has 0 saturated carbocycles. The summed E-state index contributed by atoms with van der Waals surface area (Å²) in [6.45, 7) is 1.84. The molecule has 6 nitrogen and oxygen atoms in total. The van der Waals surface area contributed by atoms with Gasteiger partial charge in [0, 0.05) is 12.6 Å². The van der Waals surface area contributed by atoms with E-state index < -0.39 is 10.0 Å². The van der Waals surface area contributed by atoms with Crippen molar-refractivity contribution in [2.45, 2.75) is 17.9 Å². The number of benzene rings is 2. The van der Waals surface area contributed by atoms with Gasteiger partial charge < -0.3 is 9.32 Å². The second-order valence-electron chi connectivity index (χ2n) is 6.35. The molecule has 2 N–H and O–H groups in total. The summed E-state index contributed by atoms with van der Waals surface area (Å²) in [5.74, 6) is 0.388. The van der Waals surface area contributed by atoms with Crippen molar-refractivity contribution in [3.8, 4) is 11.3 Å². The molecule has 3 rings (SSSR count). The summed E-state index contributed by atoms with van der Waals surface area (Å²) in [4.78, 5) is 14.3. The van der Waals surface area contributed by atoms with Crippen molar-refractivity contribution in [2.24, 2.45) is 5.14 Å². The third-order valence-corrected chi connectivity index (χ3v) is 5.81.